The van der Waals surface area contributed by atoms with Crippen LogP contribution in [0.1, 0.15) is 52.1 Å². The van der Waals surface area contributed by atoms with Gasteiger partial charge in [0, 0.05) is 35.4 Å². The molecule has 0 aliphatic carbocycles. The molecule has 0 aliphatic rings. The van der Waals surface area contributed by atoms with Gasteiger partial charge in [0.15, 0.2) is 12.4 Å². The fourth-order valence-corrected chi connectivity index (χ4v) is 3.99. The van der Waals surface area contributed by atoms with E-state index in [9.17, 15) is 27.6 Å². The molecule has 1 N–H and O–H groups in total. The van der Waals surface area contributed by atoms with E-state index in [1.54, 1.807) is 18.2 Å². The highest BCUT2D eigenvalue weighted by Crippen LogP contribution is 2.36. The van der Waals surface area contributed by atoms with Gasteiger partial charge in [0.2, 0.25) is 0 Å². The summed E-state index contributed by atoms with van der Waals surface area (Å²) < 4.78 is 59.6. The highest BCUT2D eigenvalue weighted by atomic mass is 19.3. The number of halogens is 4. The SMILES string of the molecule is O=C(Nc1ccc(C(Cc2cc[n+]([O-])cc2)c2ccc(C(F)F)c(C(F)F)c2)cn1)OCc1ccccc1. The van der Waals surface area contributed by atoms with Crippen molar-refractivity contribution in [2.75, 3.05) is 5.32 Å². The molecule has 0 saturated heterocycles. The molecule has 4 rings (SSSR count). The number of carbonyl (C=O) groups excluding carboxylic acids is 1. The molecule has 2 aromatic carbocycles. The fourth-order valence-electron chi connectivity index (χ4n) is 3.99. The zero-order valence-electron chi connectivity index (χ0n) is 19.9. The number of carbonyl (C=O) groups is 1. The predicted molar refractivity (Wildman–Crippen MR) is 132 cm³/mol. The molecule has 4 aromatic rings. The van der Waals surface area contributed by atoms with Crippen LogP contribution in [0, 0.1) is 5.21 Å². The van der Waals surface area contributed by atoms with E-state index in [2.05, 4.69) is 10.3 Å². The summed E-state index contributed by atoms with van der Waals surface area (Å²) in [7, 11) is 0. The van der Waals surface area contributed by atoms with Crippen LogP contribution in [0.2, 0.25) is 0 Å². The number of alkyl halides is 4. The lowest BCUT2D eigenvalue weighted by Gasteiger charge is -2.20. The molecule has 0 fully saturated rings. The lowest BCUT2D eigenvalue weighted by molar-refractivity contribution is -0.605. The van der Waals surface area contributed by atoms with Crippen molar-refractivity contribution in [3.63, 3.8) is 0 Å². The van der Waals surface area contributed by atoms with Crippen LogP contribution >= 0.6 is 0 Å². The first-order valence-electron chi connectivity index (χ1n) is 11.6. The van der Waals surface area contributed by atoms with Crippen LogP contribution in [0.4, 0.5) is 28.2 Å². The summed E-state index contributed by atoms with van der Waals surface area (Å²) in [6, 6.07) is 19.0. The van der Waals surface area contributed by atoms with Crippen LogP contribution in [-0.4, -0.2) is 11.1 Å². The van der Waals surface area contributed by atoms with Crippen molar-refractivity contribution in [3.8, 4) is 0 Å². The average Bonchev–Trinajstić information content (AvgIpc) is 2.92. The fraction of sp³-hybridized carbons (Fsp3) is 0.179. The highest BCUT2D eigenvalue weighted by Gasteiger charge is 2.24. The van der Waals surface area contributed by atoms with E-state index in [1.807, 2.05) is 30.3 Å². The third-order valence-electron chi connectivity index (χ3n) is 5.93. The zero-order chi connectivity index (χ0) is 27.1. The van der Waals surface area contributed by atoms with Crippen molar-refractivity contribution in [2.45, 2.75) is 31.8 Å². The maximum absolute atomic E-state index is 13.6. The number of anilines is 1. The largest absolute Gasteiger partial charge is 0.619 e. The minimum Gasteiger partial charge on any atom is -0.619 e. The molecule has 0 radical (unpaired) electrons. The second-order valence-electron chi connectivity index (χ2n) is 8.48. The Morgan fingerprint density at radius 3 is 2.18 bits per heavy atom. The molecule has 0 aliphatic heterocycles. The van der Waals surface area contributed by atoms with E-state index in [0.29, 0.717) is 15.9 Å². The van der Waals surface area contributed by atoms with Gasteiger partial charge in [-0.3, -0.25) is 5.32 Å². The quantitative estimate of drug-likeness (QED) is 0.150. The van der Waals surface area contributed by atoms with E-state index in [4.69, 9.17) is 4.74 Å². The third-order valence-corrected chi connectivity index (χ3v) is 5.93. The number of benzene rings is 2. The number of amides is 1. The summed E-state index contributed by atoms with van der Waals surface area (Å²) >= 11 is 0. The summed E-state index contributed by atoms with van der Waals surface area (Å²) in [5, 5.41) is 14.0. The van der Waals surface area contributed by atoms with Gasteiger partial charge in [-0.2, -0.15) is 4.73 Å². The lowest BCUT2D eigenvalue weighted by Crippen LogP contribution is -2.24. The number of hydrogen-bond acceptors (Lipinski definition) is 4. The first kappa shape index (κ1) is 26.6. The van der Waals surface area contributed by atoms with Gasteiger partial charge in [-0.1, -0.05) is 48.5 Å². The number of hydrogen-bond donors (Lipinski definition) is 1. The van der Waals surface area contributed by atoms with Crippen LogP contribution in [0.25, 0.3) is 0 Å². The topological polar surface area (TPSA) is 78.2 Å². The monoisotopic (exact) mass is 525 g/mol. The number of rotatable bonds is 9. The van der Waals surface area contributed by atoms with Gasteiger partial charge in [-0.05, 0) is 40.8 Å². The molecule has 0 saturated carbocycles. The van der Waals surface area contributed by atoms with Crippen molar-refractivity contribution >= 4 is 11.9 Å². The molecular formula is C28H23F4N3O3. The molecule has 1 amide bonds. The first-order valence-corrected chi connectivity index (χ1v) is 11.6. The number of pyridine rings is 2. The summed E-state index contributed by atoms with van der Waals surface area (Å²) in [5.74, 6) is -0.340. The Morgan fingerprint density at radius 2 is 1.55 bits per heavy atom. The highest BCUT2D eigenvalue weighted by molar-refractivity contribution is 5.83. The van der Waals surface area contributed by atoms with Crippen molar-refractivity contribution in [3.05, 3.63) is 130 Å². The summed E-state index contributed by atoms with van der Waals surface area (Å²) in [5.41, 5.74) is 1.07. The minimum absolute atomic E-state index is 0.0777. The van der Waals surface area contributed by atoms with Crippen molar-refractivity contribution < 1.29 is 31.8 Å². The smallest absolute Gasteiger partial charge is 0.413 e. The molecule has 0 spiro atoms. The van der Waals surface area contributed by atoms with Crippen LogP contribution in [0.3, 0.4) is 0 Å². The van der Waals surface area contributed by atoms with Crippen LogP contribution < -0.4 is 10.0 Å². The Bertz CT molecular complexity index is 1350. The van der Waals surface area contributed by atoms with Crippen molar-refractivity contribution in [1.82, 2.24) is 4.98 Å². The molecule has 196 valence electrons. The summed E-state index contributed by atoms with van der Waals surface area (Å²) in [4.78, 5) is 16.4. The normalized spacial score (nSPS) is 11.9. The molecule has 38 heavy (non-hydrogen) atoms. The van der Waals surface area contributed by atoms with Crippen molar-refractivity contribution in [1.29, 1.82) is 0 Å². The summed E-state index contributed by atoms with van der Waals surface area (Å²) in [6.07, 6.45) is -2.46. The molecule has 1 unspecified atom stereocenters. The van der Waals surface area contributed by atoms with Crippen LogP contribution in [0.5, 0.6) is 0 Å². The minimum atomic E-state index is -3.08. The van der Waals surface area contributed by atoms with E-state index >= 15 is 0 Å². The van der Waals surface area contributed by atoms with Crippen LogP contribution in [0.15, 0.2) is 91.4 Å². The third kappa shape index (κ3) is 6.84. The zero-order valence-corrected chi connectivity index (χ0v) is 19.9. The molecule has 2 heterocycles. The lowest BCUT2D eigenvalue weighted by atomic mass is 9.85. The maximum Gasteiger partial charge on any atom is 0.413 e. The second kappa shape index (κ2) is 12.2. The van der Waals surface area contributed by atoms with Gasteiger partial charge in [0.1, 0.15) is 12.4 Å². The average molecular weight is 526 g/mol. The number of nitrogens with one attached hydrogen (secondary N) is 1. The number of ether oxygens (including phenoxy) is 1. The Labute approximate surface area is 216 Å². The number of nitrogens with zero attached hydrogens (tertiary/aromatic N) is 2. The Hall–Kier alpha value is -4.47. The molecule has 1 atom stereocenters. The summed E-state index contributed by atoms with van der Waals surface area (Å²) in [6.45, 7) is 0.0777. The van der Waals surface area contributed by atoms with Gasteiger partial charge in [-0.15, -0.1) is 0 Å². The van der Waals surface area contributed by atoms with Crippen LogP contribution in [-0.2, 0) is 17.8 Å². The van der Waals surface area contributed by atoms with Gasteiger partial charge >= 0.3 is 6.09 Å². The molecule has 6 nitrogen and oxygen atoms in total. The standard InChI is InChI=1S/C28H23F4N3O3/c29-26(30)22-8-6-20(15-24(22)27(31)32)23(14-18-10-12-35(37)13-11-18)21-7-9-25(33-16-21)34-28(36)38-17-19-4-2-1-3-5-19/h1-13,15-16,23,26-27H,14,17H2,(H,33,34,36). The Balaban J connectivity index is 1.57. The van der Waals surface area contributed by atoms with Gasteiger partial charge in [0.25, 0.3) is 12.9 Å². The van der Waals surface area contributed by atoms with Gasteiger partial charge in [-0.25, -0.2) is 27.3 Å². The Morgan fingerprint density at radius 1 is 0.868 bits per heavy atom. The van der Waals surface area contributed by atoms with Crippen molar-refractivity contribution in [2.24, 2.45) is 0 Å². The van der Waals surface area contributed by atoms with Gasteiger partial charge in [0.05, 0.1) is 0 Å². The van der Waals surface area contributed by atoms with E-state index in [0.717, 1.165) is 23.3 Å². The predicted octanol–water partition coefficient (Wildman–Crippen LogP) is 6.71. The van der Waals surface area contributed by atoms with E-state index in [1.165, 1.54) is 30.7 Å². The number of aromatic nitrogens is 2. The molecule has 0 bridgehead atoms. The van der Waals surface area contributed by atoms with Gasteiger partial charge < -0.3 is 9.94 Å². The molecule has 10 heteroatoms. The van der Waals surface area contributed by atoms with E-state index in [-0.39, 0.29) is 18.8 Å². The van der Waals surface area contributed by atoms with E-state index < -0.39 is 36.0 Å². The first-order chi connectivity index (χ1) is 18.3. The Kier molecular flexibility index (Phi) is 8.52. The molecule has 2 aromatic heterocycles. The molecular weight excluding hydrogens is 502 g/mol. The maximum atomic E-state index is 13.6. The second-order valence-corrected chi connectivity index (χ2v) is 8.48.